The third-order valence-electron chi connectivity index (χ3n) is 10.7. The number of carbonyl (C=O) groups excluding carboxylic acids is 2. The first-order chi connectivity index (χ1) is 21.6. The third-order valence-corrected chi connectivity index (χ3v) is 12.0. The molecule has 1 aromatic rings. The predicted molar refractivity (Wildman–Crippen MR) is 172 cm³/mol. The van der Waals surface area contributed by atoms with Gasteiger partial charge in [-0.2, -0.15) is 13.2 Å². The van der Waals surface area contributed by atoms with Crippen LogP contribution in [-0.4, -0.2) is 64.9 Å². The van der Waals surface area contributed by atoms with Crippen molar-refractivity contribution in [1.82, 2.24) is 20.1 Å². The van der Waals surface area contributed by atoms with E-state index in [1.54, 1.807) is 11.8 Å². The van der Waals surface area contributed by atoms with E-state index >= 15 is 0 Å². The molecule has 0 spiro atoms. The number of hydrogen-bond acceptors (Lipinski definition) is 4. The molecule has 4 atom stereocenters. The molecule has 1 saturated heterocycles. The van der Waals surface area contributed by atoms with Gasteiger partial charge in [-0.3, -0.25) is 9.59 Å². The number of carbonyl (C=O) groups is 2. The predicted octanol–water partition coefficient (Wildman–Crippen LogP) is 6.63. The molecule has 4 unspecified atom stereocenters. The van der Waals surface area contributed by atoms with Crippen LogP contribution in [0.2, 0.25) is 0 Å². The van der Waals surface area contributed by atoms with Crippen molar-refractivity contribution < 1.29 is 22.8 Å². The highest BCUT2D eigenvalue weighted by molar-refractivity contribution is 8.03. The number of piperidine rings is 1. The highest BCUT2D eigenvalue weighted by Crippen LogP contribution is 2.59. The Hall–Kier alpha value is -2.72. The molecule has 0 bridgehead atoms. The molecule has 3 heterocycles. The first-order valence-electron chi connectivity index (χ1n) is 16.6. The summed E-state index contributed by atoms with van der Waals surface area (Å²) in [6.07, 6.45) is 16.4. The number of rotatable bonds is 10. The minimum absolute atomic E-state index is 0.0758. The summed E-state index contributed by atoms with van der Waals surface area (Å²) in [7, 11) is 0. The Bertz CT molecular complexity index is 1380. The lowest BCUT2D eigenvalue weighted by molar-refractivity contribution is -0.142. The number of hydrogen-bond donors (Lipinski definition) is 2. The number of amides is 2. The van der Waals surface area contributed by atoms with Gasteiger partial charge in [0, 0.05) is 37.4 Å². The second-order valence-corrected chi connectivity index (χ2v) is 14.5. The van der Waals surface area contributed by atoms with Gasteiger partial charge in [0.05, 0.1) is 11.0 Å². The van der Waals surface area contributed by atoms with Gasteiger partial charge >= 0.3 is 6.18 Å². The number of likely N-dealkylation sites (tertiary alicyclic amines) is 1. The van der Waals surface area contributed by atoms with Crippen molar-refractivity contribution >= 4 is 23.6 Å². The standard InChI is InChI=1S/C35H45F3N4O2S/c1-33(42-19-8-9-20-42)17-23-45-30(33)31(43)40-25-14-21-41(22-15-25)18-7-6-16-34(32(44)39-24-35(36,37)38)28-12-4-2-10-26(28)27-11-3-5-13-29(27)34/h2,4,8-9,12,17,19-20,23,25-26,30H,3,5-7,10-11,13-16,18,21-22,24H2,1H3,(H,39,44)(H,40,43). The molecule has 5 aliphatic rings. The fourth-order valence-electron chi connectivity index (χ4n) is 8.37. The van der Waals surface area contributed by atoms with Crippen LogP contribution in [0.1, 0.15) is 71.1 Å². The third kappa shape index (κ3) is 6.46. The van der Waals surface area contributed by atoms with E-state index in [1.807, 2.05) is 42.1 Å². The zero-order valence-corrected chi connectivity index (χ0v) is 26.9. The van der Waals surface area contributed by atoms with Crippen molar-refractivity contribution in [2.24, 2.45) is 11.3 Å². The molecular weight excluding hydrogens is 597 g/mol. The molecule has 0 radical (unpaired) electrons. The number of allylic oxidation sites excluding steroid dienone is 5. The van der Waals surface area contributed by atoms with Crippen LogP contribution in [0.15, 0.2) is 71.0 Å². The summed E-state index contributed by atoms with van der Waals surface area (Å²) in [5, 5.41) is 7.42. The van der Waals surface area contributed by atoms with Gasteiger partial charge in [-0.25, -0.2) is 0 Å². The summed E-state index contributed by atoms with van der Waals surface area (Å²) in [5.74, 6) is -0.249. The van der Waals surface area contributed by atoms with Gasteiger partial charge in [0.15, 0.2) is 0 Å². The minimum atomic E-state index is -4.44. The lowest BCUT2D eigenvalue weighted by Crippen LogP contribution is -2.51. The van der Waals surface area contributed by atoms with Crippen LogP contribution in [-0.2, 0) is 15.1 Å². The lowest BCUT2D eigenvalue weighted by Gasteiger charge is -2.37. The van der Waals surface area contributed by atoms with Gasteiger partial charge in [-0.05, 0) is 94.4 Å². The number of nitrogens with one attached hydrogen (secondary N) is 2. The van der Waals surface area contributed by atoms with E-state index in [0.29, 0.717) is 6.42 Å². The van der Waals surface area contributed by atoms with Gasteiger partial charge in [0.25, 0.3) is 0 Å². The second-order valence-electron chi connectivity index (χ2n) is 13.5. The van der Waals surface area contributed by atoms with Crippen molar-refractivity contribution in [3.05, 3.63) is 71.0 Å². The fourth-order valence-corrected chi connectivity index (χ4v) is 9.55. The molecule has 45 heavy (non-hydrogen) atoms. The minimum Gasteiger partial charge on any atom is -0.352 e. The van der Waals surface area contributed by atoms with E-state index in [2.05, 4.69) is 39.2 Å². The first-order valence-corrected chi connectivity index (χ1v) is 17.5. The summed E-state index contributed by atoms with van der Waals surface area (Å²) < 4.78 is 41.7. The van der Waals surface area contributed by atoms with Crippen LogP contribution in [0.3, 0.4) is 0 Å². The summed E-state index contributed by atoms with van der Waals surface area (Å²) in [5.41, 5.74) is 2.07. The van der Waals surface area contributed by atoms with Crippen molar-refractivity contribution in [3.8, 4) is 0 Å². The molecule has 1 fully saturated rings. The van der Waals surface area contributed by atoms with Gasteiger partial charge in [-0.1, -0.05) is 41.9 Å². The van der Waals surface area contributed by atoms with E-state index in [9.17, 15) is 22.8 Å². The highest BCUT2D eigenvalue weighted by Gasteiger charge is 2.54. The maximum atomic E-state index is 13.8. The molecule has 244 valence electrons. The molecule has 3 aliphatic carbocycles. The Morgan fingerprint density at radius 2 is 1.84 bits per heavy atom. The van der Waals surface area contributed by atoms with Crippen LogP contribution in [0, 0.1) is 11.3 Å². The molecule has 6 nitrogen and oxygen atoms in total. The number of unbranched alkanes of at least 4 members (excludes halogenated alkanes) is 1. The molecule has 2 N–H and O–H groups in total. The maximum absolute atomic E-state index is 13.8. The van der Waals surface area contributed by atoms with Crippen molar-refractivity contribution in [3.63, 3.8) is 0 Å². The highest BCUT2D eigenvalue weighted by atomic mass is 32.2. The van der Waals surface area contributed by atoms with Crippen LogP contribution in [0.5, 0.6) is 0 Å². The monoisotopic (exact) mass is 642 g/mol. The average molecular weight is 643 g/mol. The van der Waals surface area contributed by atoms with Gasteiger partial charge < -0.3 is 20.1 Å². The Balaban J connectivity index is 1.03. The van der Waals surface area contributed by atoms with E-state index in [4.69, 9.17) is 0 Å². The Kier molecular flexibility index (Phi) is 9.44. The topological polar surface area (TPSA) is 66.4 Å². The fraction of sp³-hybridized carbons (Fsp3) is 0.600. The SMILES string of the molecule is CC1(n2cccc2)C=CSC1C(=O)NC1CCN(CCCCC2(C(=O)NCC(F)(F)F)C3=CC=CCC3C3=C2CCCC3)CC1. The van der Waals surface area contributed by atoms with E-state index in [0.717, 1.165) is 88.6 Å². The number of halogens is 3. The molecule has 0 saturated carbocycles. The average Bonchev–Trinajstić information content (AvgIpc) is 3.77. The van der Waals surface area contributed by atoms with Gasteiger partial charge in [0.1, 0.15) is 11.8 Å². The van der Waals surface area contributed by atoms with Gasteiger partial charge in [-0.15, -0.1) is 11.8 Å². The quantitative estimate of drug-likeness (QED) is 0.222. The normalized spacial score (nSPS) is 30.3. The zero-order valence-electron chi connectivity index (χ0n) is 26.1. The van der Waals surface area contributed by atoms with Crippen molar-refractivity contribution in [1.29, 1.82) is 0 Å². The molecule has 10 heteroatoms. The Labute approximate surface area is 268 Å². The van der Waals surface area contributed by atoms with Crippen LogP contribution in [0.25, 0.3) is 0 Å². The molecule has 0 aromatic carbocycles. The summed E-state index contributed by atoms with van der Waals surface area (Å²) >= 11 is 1.57. The van der Waals surface area contributed by atoms with E-state index in [1.165, 1.54) is 5.57 Å². The van der Waals surface area contributed by atoms with Crippen LogP contribution >= 0.6 is 11.8 Å². The number of fused-ring (bicyclic) bond motifs is 2. The zero-order chi connectivity index (χ0) is 31.7. The second kappa shape index (κ2) is 13.2. The van der Waals surface area contributed by atoms with E-state index in [-0.39, 0.29) is 23.1 Å². The van der Waals surface area contributed by atoms with E-state index < -0.39 is 29.6 Å². The lowest BCUT2D eigenvalue weighted by atomic mass is 9.69. The summed E-state index contributed by atoms with van der Waals surface area (Å²) in [6, 6.07) is 4.10. The van der Waals surface area contributed by atoms with Gasteiger partial charge in [0.2, 0.25) is 11.8 Å². The molecule has 2 aliphatic heterocycles. The maximum Gasteiger partial charge on any atom is 0.405 e. The molecular formula is C35H45F3N4O2S. The van der Waals surface area contributed by atoms with Crippen LogP contribution < -0.4 is 10.6 Å². The molecule has 2 amide bonds. The number of thioether (sulfide) groups is 1. The molecule has 6 rings (SSSR count). The molecule has 1 aromatic heterocycles. The largest absolute Gasteiger partial charge is 0.405 e. The number of alkyl halides is 3. The van der Waals surface area contributed by atoms with Crippen molar-refractivity contribution in [2.75, 3.05) is 26.2 Å². The Morgan fingerprint density at radius 3 is 2.60 bits per heavy atom. The summed E-state index contributed by atoms with van der Waals surface area (Å²) in [6.45, 7) is 3.46. The van der Waals surface area contributed by atoms with Crippen LogP contribution in [0.4, 0.5) is 13.2 Å². The first kappa shape index (κ1) is 32.2. The smallest absolute Gasteiger partial charge is 0.352 e. The van der Waals surface area contributed by atoms with Crippen molar-refractivity contribution in [2.45, 2.75) is 94.1 Å². The summed E-state index contributed by atoms with van der Waals surface area (Å²) in [4.78, 5) is 29.5. The number of nitrogens with zero attached hydrogens (tertiary/aromatic N) is 2. The Morgan fingerprint density at radius 1 is 1.09 bits per heavy atom. The number of aromatic nitrogens is 1.